The number of aliphatic hydroxyl groups is 1. The second kappa shape index (κ2) is 14.5. The van der Waals surface area contributed by atoms with E-state index in [1.165, 1.54) is 6.07 Å². The van der Waals surface area contributed by atoms with Gasteiger partial charge < -0.3 is 24.6 Å². The number of methoxy groups -OCH3 is 1. The minimum absolute atomic E-state index is 0.00871. The monoisotopic (exact) mass is 594 g/mol. The molecule has 0 radical (unpaired) electrons. The number of nitrogens with zero attached hydrogens (tertiary/aromatic N) is 1. The zero-order chi connectivity index (χ0) is 30.8. The highest BCUT2D eigenvalue weighted by Gasteiger charge is 2.52. The van der Waals surface area contributed by atoms with Gasteiger partial charge in [-0.1, -0.05) is 72.8 Å². The number of halogens is 1. The Hall–Kier alpha value is -4.95. The summed E-state index contributed by atoms with van der Waals surface area (Å²) >= 11 is 0. The molecule has 0 saturated heterocycles. The van der Waals surface area contributed by atoms with Gasteiger partial charge in [-0.05, 0) is 53.6 Å². The number of rotatable bonds is 13. The second-order valence-corrected chi connectivity index (χ2v) is 10.4. The normalized spacial score (nSPS) is 17.6. The lowest BCUT2D eigenvalue weighted by molar-refractivity contribution is -0.129. The Morgan fingerprint density at radius 2 is 1.77 bits per heavy atom. The highest BCUT2D eigenvalue weighted by Crippen LogP contribution is 2.43. The van der Waals surface area contributed by atoms with Crippen LogP contribution in [-0.4, -0.2) is 42.8 Å². The Morgan fingerprint density at radius 1 is 1.00 bits per heavy atom. The predicted octanol–water partition coefficient (Wildman–Crippen LogP) is 6.27. The van der Waals surface area contributed by atoms with Crippen LogP contribution in [0.1, 0.15) is 41.2 Å². The van der Waals surface area contributed by atoms with Gasteiger partial charge in [-0.2, -0.15) is 0 Å². The Labute approximate surface area is 256 Å². The first kappa shape index (κ1) is 30.5. The van der Waals surface area contributed by atoms with Crippen LogP contribution in [0.3, 0.4) is 0 Å². The predicted molar refractivity (Wildman–Crippen MR) is 168 cm³/mol. The smallest absolute Gasteiger partial charge is 0.252 e. The van der Waals surface area contributed by atoms with Gasteiger partial charge in [0.1, 0.15) is 17.3 Å². The third-order valence-electron chi connectivity index (χ3n) is 7.36. The third kappa shape index (κ3) is 7.15. The van der Waals surface area contributed by atoms with Crippen LogP contribution in [0.5, 0.6) is 11.5 Å². The summed E-state index contributed by atoms with van der Waals surface area (Å²) in [7, 11) is 1.58. The van der Waals surface area contributed by atoms with E-state index in [9.17, 15) is 9.18 Å². The van der Waals surface area contributed by atoms with E-state index in [2.05, 4.69) is 5.32 Å². The van der Waals surface area contributed by atoms with Crippen LogP contribution in [-0.2, 0) is 16.1 Å². The zero-order valence-corrected chi connectivity index (χ0v) is 24.5. The molecule has 0 saturated carbocycles. The number of benzene rings is 4. The molecule has 0 aliphatic carbocycles. The lowest BCUT2D eigenvalue weighted by Gasteiger charge is -2.30. The molecule has 8 heteroatoms. The Balaban J connectivity index is 1.54. The van der Waals surface area contributed by atoms with Gasteiger partial charge in [0.2, 0.25) is 5.90 Å². The lowest BCUT2D eigenvalue weighted by Crippen LogP contribution is -2.47. The average molecular weight is 595 g/mol. The third-order valence-corrected chi connectivity index (χ3v) is 7.36. The number of aliphatic hydroxyl groups excluding tert-OH is 1. The fourth-order valence-electron chi connectivity index (χ4n) is 5.03. The summed E-state index contributed by atoms with van der Waals surface area (Å²) in [5.41, 5.74) is 1.31. The second-order valence-electron chi connectivity index (χ2n) is 10.4. The van der Waals surface area contributed by atoms with Crippen molar-refractivity contribution in [1.82, 2.24) is 5.32 Å². The lowest BCUT2D eigenvalue weighted by atomic mass is 9.84. The number of ether oxygens (including phenoxy) is 3. The molecule has 0 bridgehead atoms. The molecule has 4 aromatic rings. The molecule has 0 unspecified atom stereocenters. The summed E-state index contributed by atoms with van der Waals surface area (Å²) in [5, 5.41) is 12.0. The maximum Gasteiger partial charge on any atom is 0.252 e. The Bertz CT molecular complexity index is 1610. The van der Waals surface area contributed by atoms with Crippen LogP contribution >= 0.6 is 0 Å². The molecule has 0 fully saturated rings. The Morgan fingerprint density at radius 3 is 2.52 bits per heavy atom. The van der Waals surface area contributed by atoms with E-state index < -0.39 is 23.4 Å². The fourth-order valence-corrected chi connectivity index (χ4v) is 5.03. The minimum Gasteiger partial charge on any atom is -0.497 e. The van der Waals surface area contributed by atoms with Crippen molar-refractivity contribution in [3.63, 3.8) is 0 Å². The van der Waals surface area contributed by atoms with Crippen LogP contribution in [0, 0.1) is 5.82 Å². The van der Waals surface area contributed by atoms with Crippen molar-refractivity contribution in [3.05, 3.63) is 137 Å². The average Bonchev–Trinajstić information content (AvgIpc) is 3.46. The minimum atomic E-state index is -1.42. The van der Waals surface area contributed by atoms with E-state index in [4.69, 9.17) is 24.3 Å². The first-order valence-electron chi connectivity index (χ1n) is 14.5. The highest BCUT2D eigenvalue weighted by atomic mass is 19.1. The van der Waals surface area contributed by atoms with Crippen LogP contribution in [0.4, 0.5) is 4.39 Å². The van der Waals surface area contributed by atoms with Crippen molar-refractivity contribution in [3.8, 4) is 11.5 Å². The first-order chi connectivity index (χ1) is 21.5. The number of amides is 1. The quantitative estimate of drug-likeness (QED) is 0.178. The molecule has 4 aromatic carbocycles. The number of hydrogen-bond donors (Lipinski definition) is 2. The van der Waals surface area contributed by atoms with E-state index in [-0.39, 0.29) is 19.6 Å². The molecule has 2 N–H and O–H groups in total. The molecule has 44 heavy (non-hydrogen) atoms. The van der Waals surface area contributed by atoms with E-state index in [1.807, 2.05) is 78.9 Å². The number of nitrogens with one attached hydrogen (secondary N) is 1. The van der Waals surface area contributed by atoms with Crippen LogP contribution in [0.25, 0.3) is 6.08 Å². The van der Waals surface area contributed by atoms with Gasteiger partial charge in [0.05, 0.1) is 13.7 Å². The van der Waals surface area contributed by atoms with Crippen LogP contribution < -0.4 is 14.8 Å². The van der Waals surface area contributed by atoms with Gasteiger partial charge >= 0.3 is 0 Å². The van der Waals surface area contributed by atoms with Crippen molar-refractivity contribution in [1.29, 1.82) is 0 Å². The summed E-state index contributed by atoms with van der Waals surface area (Å²) in [5.74, 6) is 0.761. The Kier molecular flexibility index (Phi) is 10.0. The van der Waals surface area contributed by atoms with Gasteiger partial charge in [-0.3, -0.25) is 4.79 Å². The topological polar surface area (TPSA) is 89.4 Å². The maximum atomic E-state index is 14.5. The molecule has 1 aliphatic heterocycles. The molecule has 2 atom stereocenters. The van der Waals surface area contributed by atoms with E-state index in [1.54, 1.807) is 37.4 Å². The summed E-state index contributed by atoms with van der Waals surface area (Å²) < 4.78 is 32.2. The van der Waals surface area contributed by atoms with Crippen molar-refractivity contribution in [2.45, 2.75) is 31.0 Å². The maximum absolute atomic E-state index is 14.5. The molecule has 0 spiro atoms. The van der Waals surface area contributed by atoms with E-state index in [0.717, 1.165) is 5.56 Å². The van der Waals surface area contributed by atoms with Gasteiger partial charge in [-0.25, -0.2) is 9.38 Å². The number of aliphatic imine (C=N–C) groups is 1. The van der Waals surface area contributed by atoms with E-state index >= 15 is 0 Å². The number of hydrogen-bond acceptors (Lipinski definition) is 6. The van der Waals surface area contributed by atoms with Gasteiger partial charge in [0.15, 0.2) is 11.6 Å². The number of carbonyl (C=O) groups excluding carboxylic acids is 1. The molecule has 5 rings (SSSR count). The SMILES string of the molecule is COc1cccc([C@H]2OC(c3ccc(OCCCO)cc3)=N[C@@]2(C/C=C/c2ccccc2)C(=O)NCc2ccccc2F)c1. The molecule has 1 aliphatic rings. The van der Waals surface area contributed by atoms with Crippen molar-refractivity contribution >= 4 is 17.9 Å². The molecule has 7 nitrogen and oxygen atoms in total. The summed E-state index contributed by atoms with van der Waals surface area (Å²) in [4.78, 5) is 19.3. The van der Waals surface area contributed by atoms with E-state index in [0.29, 0.717) is 47.1 Å². The van der Waals surface area contributed by atoms with Gasteiger partial charge in [0.25, 0.3) is 5.91 Å². The van der Waals surface area contributed by atoms with Gasteiger partial charge in [0, 0.05) is 37.1 Å². The van der Waals surface area contributed by atoms with Gasteiger partial charge in [-0.15, -0.1) is 0 Å². The molecular formula is C36H35FN2O5. The van der Waals surface area contributed by atoms with Crippen LogP contribution in [0.15, 0.2) is 114 Å². The molecule has 0 aromatic heterocycles. The molecular weight excluding hydrogens is 559 g/mol. The summed E-state index contributed by atoms with van der Waals surface area (Å²) in [6.45, 7) is 0.434. The standard InChI is InChI=1S/C36H35FN2O5/c1-42-31-15-7-14-28(24-31)33-36(21-8-12-26-10-3-2-4-11-26,35(41)38-25-29-13-5-6-16-32(29)37)39-34(44-33)27-17-19-30(20-18-27)43-23-9-22-40/h2-8,10-20,24,33,40H,9,21-23,25H2,1H3,(H,38,41)/b12-8+/t33-,36-/m1/s1. The molecule has 1 heterocycles. The molecule has 226 valence electrons. The fraction of sp³-hybridized carbons (Fsp3) is 0.222. The largest absolute Gasteiger partial charge is 0.497 e. The van der Waals surface area contributed by atoms with Crippen molar-refractivity contribution in [2.24, 2.45) is 4.99 Å². The van der Waals surface area contributed by atoms with Crippen molar-refractivity contribution in [2.75, 3.05) is 20.3 Å². The summed E-state index contributed by atoms with van der Waals surface area (Å²) in [6.07, 6.45) is 3.79. The van der Waals surface area contributed by atoms with Crippen molar-refractivity contribution < 1.29 is 28.5 Å². The molecule has 1 amide bonds. The zero-order valence-electron chi connectivity index (χ0n) is 24.5. The number of carbonyl (C=O) groups is 1. The highest BCUT2D eigenvalue weighted by molar-refractivity contribution is 6.01. The van der Waals surface area contributed by atoms with Crippen LogP contribution in [0.2, 0.25) is 0 Å². The first-order valence-corrected chi connectivity index (χ1v) is 14.5. The summed E-state index contributed by atoms with van der Waals surface area (Å²) in [6, 6.07) is 30.8.